The maximum atomic E-state index is 6.06. The molecule has 4 fully saturated rings. The van der Waals surface area contributed by atoms with Gasteiger partial charge in [-0.25, -0.2) is 0 Å². The Morgan fingerprint density at radius 3 is 2.20 bits per heavy atom. The molecule has 0 aromatic heterocycles. The quantitative estimate of drug-likeness (QED) is 0.719. The molecule has 20 heavy (non-hydrogen) atoms. The van der Waals surface area contributed by atoms with Gasteiger partial charge in [-0.3, -0.25) is 0 Å². The third-order valence-electron chi connectivity index (χ3n) is 6.03. The summed E-state index contributed by atoms with van der Waals surface area (Å²) in [5.41, 5.74) is 3.08. The van der Waals surface area contributed by atoms with E-state index >= 15 is 0 Å². The molecule has 4 bridgehead atoms. The molecule has 0 amide bonds. The summed E-state index contributed by atoms with van der Waals surface area (Å²) < 4.78 is 5.69. The summed E-state index contributed by atoms with van der Waals surface area (Å²) in [5, 5.41) is 0. The summed E-state index contributed by atoms with van der Waals surface area (Å²) in [6.45, 7) is 0. The monoisotopic (exact) mass is 290 g/mol. The van der Waals surface area contributed by atoms with E-state index in [4.69, 9.17) is 16.3 Å². The third-order valence-corrected chi connectivity index (χ3v) is 6.34. The molecule has 0 radical (unpaired) electrons. The molecule has 2 heteroatoms. The van der Waals surface area contributed by atoms with Gasteiger partial charge in [0.05, 0.1) is 7.11 Å². The van der Waals surface area contributed by atoms with Crippen molar-refractivity contribution in [3.8, 4) is 5.75 Å². The lowest BCUT2D eigenvalue weighted by Crippen LogP contribution is -2.48. The first kappa shape index (κ1) is 13.0. The Bertz CT molecular complexity index is 487. The molecule has 1 aromatic rings. The molecule has 0 atom stereocenters. The highest BCUT2D eigenvalue weighted by Crippen LogP contribution is 2.61. The lowest BCUT2D eigenvalue weighted by atomic mass is 9.48. The largest absolute Gasteiger partial charge is 0.496 e. The summed E-state index contributed by atoms with van der Waals surface area (Å²) in [6.07, 6.45) is 8.58. The topological polar surface area (TPSA) is 9.23 Å². The molecule has 0 unspecified atom stereocenters. The van der Waals surface area contributed by atoms with E-state index in [9.17, 15) is 0 Å². The highest BCUT2D eigenvalue weighted by molar-refractivity contribution is 6.17. The molecule has 5 rings (SSSR count). The van der Waals surface area contributed by atoms with E-state index in [1.807, 2.05) is 0 Å². The van der Waals surface area contributed by atoms with Crippen molar-refractivity contribution in [3.63, 3.8) is 0 Å². The smallest absolute Gasteiger partial charge is 0.122 e. The van der Waals surface area contributed by atoms with Crippen LogP contribution in [-0.4, -0.2) is 7.11 Å². The number of alkyl halides is 1. The van der Waals surface area contributed by atoms with Crippen LogP contribution in [0.15, 0.2) is 18.2 Å². The summed E-state index contributed by atoms with van der Waals surface area (Å²) in [5.74, 6) is 4.58. The van der Waals surface area contributed by atoms with Crippen molar-refractivity contribution in [2.45, 2.75) is 49.8 Å². The Labute approximate surface area is 126 Å². The van der Waals surface area contributed by atoms with E-state index in [0.29, 0.717) is 11.3 Å². The number of rotatable bonds is 3. The van der Waals surface area contributed by atoms with Gasteiger partial charge in [-0.15, -0.1) is 11.6 Å². The van der Waals surface area contributed by atoms with Crippen LogP contribution in [0, 0.1) is 17.8 Å². The molecule has 108 valence electrons. The lowest BCUT2D eigenvalue weighted by Gasteiger charge is -2.57. The van der Waals surface area contributed by atoms with Gasteiger partial charge in [0.15, 0.2) is 0 Å². The second kappa shape index (κ2) is 4.66. The van der Waals surface area contributed by atoms with Crippen LogP contribution in [0.3, 0.4) is 0 Å². The van der Waals surface area contributed by atoms with Gasteiger partial charge in [-0.1, -0.05) is 12.1 Å². The van der Waals surface area contributed by atoms with E-state index in [-0.39, 0.29) is 0 Å². The van der Waals surface area contributed by atoms with Gasteiger partial charge in [0, 0.05) is 11.4 Å². The Morgan fingerprint density at radius 1 is 1.10 bits per heavy atom. The lowest BCUT2D eigenvalue weighted by molar-refractivity contribution is -0.00618. The molecule has 0 N–H and O–H groups in total. The number of methoxy groups -OCH3 is 1. The van der Waals surface area contributed by atoms with Crippen LogP contribution < -0.4 is 4.74 Å². The fraction of sp³-hybridized carbons (Fsp3) is 0.667. The van der Waals surface area contributed by atoms with Crippen molar-refractivity contribution < 1.29 is 4.74 Å². The molecule has 0 heterocycles. The Morgan fingerprint density at radius 2 is 1.70 bits per heavy atom. The normalized spacial score (nSPS) is 38.2. The average Bonchev–Trinajstić information content (AvgIpc) is 2.45. The van der Waals surface area contributed by atoms with Crippen LogP contribution >= 0.6 is 11.6 Å². The molecule has 4 aliphatic carbocycles. The molecular weight excluding hydrogens is 268 g/mol. The van der Waals surface area contributed by atoms with Gasteiger partial charge in [0.2, 0.25) is 0 Å². The highest BCUT2D eigenvalue weighted by atomic mass is 35.5. The fourth-order valence-corrected chi connectivity index (χ4v) is 5.86. The van der Waals surface area contributed by atoms with Crippen molar-refractivity contribution in [2.24, 2.45) is 17.8 Å². The van der Waals surface area contributed by atoms with Crippen molar-refractivity contribution in [1.29, 1.82) is 0 Å². The van der Waals surface area contributed by atoms with E-state index in [2.05, 4.69) is 18.2 Å². The Kier molecular flexibility index (Phi) is 3.03. The zero-order valence-electron chi connectivity index (χ0n) is 12.2. The maximum Gasteiger partial charge on any atom is 0.122 e. The number of hydrogen-bond acceptors (Lipinski definition) is 1. The van der Waals surface area contributed by atoms with E-state index in [1.165, 1.54) is 49.7 Å². The Hall–Kier alpha value is -0.690. The number of halogens is 1. The van der Waals surface area contributed by atoms with Crippen LogP contribution in [0.5, 0.6) is 5.75 Å². The first-order valence-electron chi connectivity index (χ1n) is 7.96. The Balaban J connectivity index is 1.79. The minimum atomic E-state index is 0.391. The van der Waals surface area contributed by atoms with Crippen LogP contribution in [0.2, 0.25) is 0 Å². The number of ether oxygens (including phenoxy) is 1. The highest BCUT2D eigenvalue weighted by Gasteiger charge is 2.52. The standard InChI is InChI=1S/C18H23ClO/c1-20-17-3-2-12(11-19)7-16(17)18-8-13-4-14(9-18)6-15(5-13)10-18/h2-3,7,13-15H,4-6,8-11H2,1H3. The van der Waals surface area contributed by atoms with Crippen LogP contribution in [-0.2, 0) is 11.3 Å². The summed E-state index contributed by atoms with van der Waals surface area (Å²) >= 11 is 6.06. The first-order chi connectivity index (χ1) is 9.72. The van der Waals surface area contributed by atoms with Crippen molar-refractivity contribution >= 4 is 11.6 Å². The van der Waals surface area contributed by atoms with Crippen molar-refractivity contribution in [3.05, 3.63) is 29.3 Å². The van der Waals surface area contributed by atoms with Crippen molar-refractivity contribution in [1.82, 2.24) is 0 Å². The van der Waals surface area contributed by atoms with Gasteiger partial charge in [-0.2, -0.15) is 0 Å². The molecule has 0 saturated heterocycles. The second-order valence-corrected chi connectivity index (χ2v) is 7.63. The second-order valence-electron chi connectivity index (χ2n) is 7.37. The number of hydrogen-bond donors (Lipinski definition) is 0. The molecule has 0 spiro atoms. The minimum absolute atomic E-state index is 0.391. The SMILES string of the molecule is COc1ccc(CCl)cc1C12CC3CC(CC(C3)C1)C2. The summed E-state index contributed by atoms with van der Waals surface area (Å²) in [7, 11) is 1.81. The fourth-order valence-electron chi connectivity index (χ4n) is 5.69. The van der Waals surface area contributed by atoms with Crippen molar-refractivity contribution in [2.75, 3.05) is 7.11 Å². The molecular formula is C18H23ClO. The van der Waals surface area contributed by atoms with Gasteiger partial charge >= 0.3 is 0 Å². The minimum Gasteiger partial charge on any atom is -0.496 e. The van der Waals surface area contributed by atoms with Gasteiger partial charge in [-0.05, 0) is 73.3 Å². The average molecular weight is 291 g/mol. The van der Waals surface area contributed by atoms with E-state index in [0.717, 1.165) is 23.5 Å². The predicted molar refractivity (Wildman–Crippen MR) is 82.4 cm³/mol. The molecule has 4 aliphatic rings. The van der Waals surface area contributed by atoms with E-state index < -0.39 is 0 Å². The molecule has 1 aromatic carbocycles. The van der Waals surface area contributed by atoms with Crippen LogP contribution in [0.1, 0.15) is 49.7 Å². The van der Waals surface area contributed by atoms with Gasteiger partial charge in [0.25, 0.3) is 0 Å². The van der Waals surface area contributed by atoms with Crippen LogP contribution in [0.25, 0.3) is 0 Å². The van der Waals surface area contributed by atoms with E-state index in [1.54, 1.807) is 7.11 Å². The third kappa shape index (κ3) is 1.89. The molecule has 1 nitrogen and oxygen atoms in total. The van der Waals surface area contributed by atoms with Gasteiger partial charge in [0.1, 0.15) is 5.75 Å². The predicted octanol–water partition coefficient (Wildman–Crippen LogP) is 4.90. The summed E-state index contributed by atoms with van der Waals surface area (Å²) in [4.78, 5) is 0. The summed E-state index contributed by atoms with van der Waals surface area (Å²) in [6, 6.07) is 6.57. The molecule has 4 saturated carbocycles. The van der Waals surface area contributed by atoms with Crippen LogP contribution in [0.4, 0.5) is 0 Å². The number of benzene rings is 1. The van der Waals surface area contributed by atoms with Gasteiger partial charge < -0.3 is 4.74 Å². The molecule has 0 aliphatic heterocycles. The zero-order chi connectivity index (χ0) is 13.7. The maximum absolute atomic E-state index is 6.06. The first-order valence-corrected chi connectivity index (χ1v) is 8.49. The zero-order valence-corrected chi connectivity index (χ0v) is 13.0.